The molecule has 2 N–H and O–H groups in total. The van der Waals surface area contributed by atoms with Gasteiger partial charge in [-0.2, -0.15) is 0 Å². The van der Waals surface area contributed by atoms with Crippen LogP contribution < -0.4 is 5.73 Å². The third-order valence-electron chi connectivity index (χ3n) is 7.56. The molecule has 1 heteroatoms. The molecule has 0 amide bonds. The van der Waals surface area contributed by atoms with Gasteiger partial charge in [-0.15, -0.1) is 0 Å². The predicted molar refractivity (Wildman–Crippen MR) is 107 cm³/mol. The number of fused-ring (bicyclic) bond motifs is 8. The van der Waals surface area contributed by atoms with Crippen molar-refractivity contribution in [2.45, 2.75) is 25.3 Å². The van der Waals surface area contributed by atoms with Gasteiger partial charge in [-0.05, 0) is 30.4 Å². The highest BCUT2D eigenvalue weighted by molar-refractivity contribution is 5.61. The smallest absolute Gasteiger partial charge is 0.0276 e. The van der Waals surface area contributed by atoms with E-state index in [-0.39, 0.29) is 11.5 Å². The van der Waals surface area contributed by atoms with E-state index in [0.717, 1.165) is 6.42 Å². The molecule has 0 aromatic rings. The average molecular weight is 339 g/mol. The number of rotatable bonds is 0. The van der Waals surface area contributed by atoms with Crippen molar-refractivity contribution in [2.75, 3.05) is 0 Å². The van der Waals surface area contributed by atoms with E-state index in [1.54, 1.807) is 22.3 Å². The van der Waals surface area contributed by atoms with Gasteiger partial charge in [-0.3, -0.25) is 0 Å². The molecule has 0 bridgehead atoms. The predicted octanol–water partition coefficient (Wildman–Crippen LogP) is 4.95. The number of hydrogen-bond donors (Lipinski definition) is 1. The molecule has 0 saturated carbocycles. The van der Waals surface area contributed by atoms with Gasteiger partial charge in [0.15, 0.2) is 0 Å². The van der Waals surface area contributed by atoms with Gasteiger partial charge >= 0.3 is 0 Å². The summed E-state index contributed by atoms with van der Waals surface area (Å²) in [5, 5.41) is 0. The molecule has 1 spiro atoms. The number of allylic oxidation sites excluding steroid dienone is 14. The molecule has 26 heavy (non-hydrogen) atoms. The SMILES string of the molecule is NC1C=CC2=C(C1)C1(C3=C(C=CCC3)C3C=CC=CC31)C1C=CC=CC21. The first kappa shape index (κ1) is 15.0. The minimum Gasteiger partial charge on any atom is -0.324 e. The molecule has 6 unspecified atom stereocenters. The quantitative estimate of drug-likeness (QED) is 0.664. The lowest BCUT2D eigenvalue weighted by Crippen LogP contribution is -2.40. The highest BCUT2D eigenvalue weighted by atomic mass is 14.7. The highest BCUT2D eigenvalue weighted by Crippen LogP contribution is 2.70. The molecule has 0 heterocycles. The Balaban J connectivity index is 1.66. The van der Waals surface area contributed by atoms with Gasteiger partial charge in [0.2, 0.25) is 0 Å². The van der Waals surface area contributed by atoms with Crippen LogP contribution in [0.5, 0.6) is 0 Å². The molecule has 6 atom stereocenters. The van der Waals surface area contributed by atoms with Gasteiger partial charge in [-0.25, -0.2) is 0 Å². The molecule has 6 aliphatic rings. The Kier molecular flexibility index (Phi) is 3.00. The van der Waals surface area contributed by atoms with Gasteiger partial charge in [0.25, 0.3) is 0 Å². The van der Waals surface area contributed by atoms with E-state index < -0.39 is 0 Å². The van der Waals surface area contributed by atoms with Crippen molar-refractivity contribution in [3.05, 3.63) is 95.2 Å². The number of hydrogen-bond acceptors (Lipinski definition) is 1. The van der Waals surface area contributed by atoms with Crippen molar-refractivity contribution in [3.63, 3.8) is 0 Å². The second-order valence-corrected chi connectivity index (χ2v) is 8.55. The standard InChI is InChI=1S/C25H25N/c26-16-13-14-20-19-9-3-6-12-23(19)25(24(20)15-16)21-10-4-1-7-17(21)18-8-2-5-11-22(18)25/h1-4,6-10,12-14,16-17,19,21,23H,5,11,15,26H2. The molecule has 0 aliphatic heterocycles. The molecular formula is C25H25N. The second kappa shape index (κ2) is 5.20. The Morgan fingerprint density at radius 2 is 1.42 bits per heavy atom. The maximum atomic E-state index is 6.45. The summed E-state index contributed by atoms with van der Waals surface area (Å²) in [5.41, 5.74) is 13.1. The average Bonchev–Trinajstić information content (AvgIpc) is 3.15. The van der Waals surface area contributed by atoms with Crippen LogP contribution in [0.2, 0.25) is 0 Å². The summed E-state index contributed by atoms with van der Waals surface area (Å²) in [4.78, 5) is 0. The third kappa shape index (κ3) is 1.66. The fraction of sp³-hybridized carbons (Fsp3) is 0.360. The molecule has 0 aromatic heterocycles. The summed E-state index contributed by atoms with van der Waals surface area (Å²) in [6, 6.07) is 0.157. The lowest BCUT2D eigenvalue weighted by Gasteiger charge is -2.44. The topological polar surface area (TPSA) is 26.0 Å². The van der Waals surface area contributed by atoms with Crippen LogP contribution in [0.4, 0.5) is 0 Å². The maximum Gasteiger partial charge on any atom is 0.0276 e. The zero-order chi connectivity index (χ0) is 17.3. The summed E-state index contributed by atoms with van der Waals surface area (Å²) >= 11 is 0. The molecular weight excluding hydrogens is 314 g/mol. The van der Waals surface area contributed by atoms with Crippen molar-refractivity contribution >= 4 is 0 Å². The minimum atomic E-state index is 0.135. The fourth-order valence-corrected chi connectivity index (χ4v) is 6.80. The zero-order valence-corrected chi connectivity index (χ0v) is 15.0. The van der Waals surface area contributed by atoms with Crippen LogP contribution in [0.3, 0.4) is 0 Å². The summed E-state index contributed by atoms with van der Waals surface area (Å²) in [5.74, 6) is 2.11. The Morgan fingerprint density at radius 1 is 0.769 bits per heavy atom. The lowest BCUT2D eigenvalue weighted by atomic mass is 9.58. The highest BCUT2D eigenvalue weighted by Gasteiger charge is 2.62. The fourth-order valence-electron chi connectivity index (χ4n) is 6.80. The van der Waals surface area contributed by atoms with Crippen molar-refractivity contribution < 1.29 is 0 Å². The normalized spacial score (nSPS) is 44.0. The van der Waals surface area contributed by atoms with E-state index in [0.29, 0.717) is 23.7 Å². The Morgan fingerprint density at radius 3 is 2.15 bits per heavy atom. The molecule has 130 valence electrons. The van der Waals surface area contributed by atoms with Gasteiger partial charge in [-0.1, -0.05) is 84.1 Å². The van der Waals surface area contributed by atoms with Gasteiger partial charge in [0, 0.05) is 35.1 Å². The van der Waals surface area contributed by atoms with Crippen LogP contribution >= 0.6 is 0 Å². The molecule has 6 rings (SSSR count). The van der Waals surface area contributed by atoms with E-state index in [9.17, 15) is 0 Å². The zero-order valence-electron chi connectivity index (χ0n) is 15.0. The van der Waals surface area contributed by atoms with Crippen LogP contribution in [0, 0.1) is 29.1 Å². The van der Waals surface area contributed by atoms with Gasteiger partial charge in [0.05, 0.1) is 0 Å². The van der Waals surface area contributed by atoms with Crippen molar-refractivity contribution in [3.8, 4) is 0 Å². The summed E-state index contributed by atoms with van der Waals surface area (Å²) < 4.78 is 0. The van der Waals surface area contributed by atoms with E-state index in [1.807, 2.05) is 0 Å². The largest absolute Gasteiger partial charge is 0.324 e. The van der Waals surface area contributed by atoms with Crippen LogP contribution in [0.15, 0.2) is 95.2 Å². The lowest BCUT2D eigenvalue weighted by molar-refractivity contribution is 0.218. The van der Waals surface area contributed by atoms with E-state index in [4.69, 9.17) is 5.73 Å². The summed E-state index contributed by atoms with van der Waals surface area (Å²) in [6.45, 7) is 0. The second-order valence-electron chi connectivity index (χ2n) is 8.55. The van der Waals surface area contributed by atoms with E-state index in [1.165, 1.54) is 12.8 Å². The minimum absolute atomic E-state index is 0.135. The third-order valence-corrected chi connectivity index (χ3v) is 7.56. The molecule has 6 aliphatic carbocycles. The van der Waals surface area contributed by atoms with Gasteiger partial charge < -0.3 is 5.73 Å². The molecule has 1 nitrogen and oxygen atoms in total. The van der Waals surface area contributed by atoms with E-state index in [2.05, 4.69) is 72.9 Å². The number of nitrogens with two attached hydrogens (primary N) is 1. The van der Waals surface area contributed by atoms with Crippen LogP contribution in [0.25, 0.3) is 0 Å². The first-order chi connectivity index (χ1) is 12.8. The van der Waals surface area contributed by atoms with Gasteiger partial charge in [0.1, 0.15) is 0 Å². The van der Waals surface area contributed by atoms with Crippen LogP contribution in [-0.2, 0) is 0 Å². The van der Waals surface area contributed by atoms with Crippen LogP contribution in [0.1, 0.15) is 19.3 Å². The van der Waals surface area contributed by atoms with Crippen LogP contribution in [-0.4, -0.2) is 6.04 Å². The van der Waals surface area contributed by atoms with E-state index >= 15 is 0 Å². The van der Waals surface area contributed by atoms with Crippen molar-refractivity contribution in [1.29, 1.82) is 0 Å². The summed E-state index contributed by atoms with van der Waals surface area (Å²) in [6.07, 6.45) is 31.7. The first-order valence-corrected chi connectivity index (χ1v) is 10.1. The molecule has 0 fully saturated rings. The first-order valence-electron chi connectivity index (χ1n) is 10.1. The monoisotopic (exact) mass is 339 g/mol. The molecule has 0 saturated heterocycles. The molecule has 0 aromatic carbocycles. The maximum absolute atomic E-state index is 6.45. The Hall–Kier alpha value is -2.12. The Labute approximate surface area is 155 Å². The summed E-state index contributed by atoms with van der Waals surface area (Å²) in [7, 11) is 0. The van der Waals surface area contributed by atoms with Crippen molar-refractivity contribution in [2.24, 2.45) is 34.8 Å². The van der Waals surface area contributed by atoms with Crippen molar-refractivity contribution in [1.82, 2.24) is 0 Å². The molecule has 0 radical (unpaired) electrons. The Bertz CT molecular complexity index is 904.